The fourth-order valence-electron chi connectivity index (χ4n) is 1.80. The molecule has 0 amide bonds. The van der Waals surface area contributed by atoms with Crippen molar-refractivity contribution in [2.24, 2.45) is 5.92 Å². The number of pyridine rings is 1. The molecule has 0 saturated heterocycles. The van der Waals surface area contributed by atoms with Crippen molar-refractivity contribution >= 4 is 0 Å². The van der Waals surface area contributed by atoms with Crippen LogP contribution in [0.15, 0.2) is 54.7 Å². The smallest absolute Gasteiger partial charge is 0.124 e. The van der Waals surface area contributed by atoms with Gasteiger partial charge in [0, 0.05) is 6.20 Å². The molecule has 2 aromatic rings. The fraction of sp³-hybridized carbons (Fsp3) is 0.312. The van der Waals surface area contributed by atoms with Crippen LogP contribution in [0.5, 0.6) is 0 Å². The second-order valence-corrected chi connectivity index (χ2v) is 4.77. The Morgan fingerprint density at radius 3 is 2.33 bits per heavy atom. The summed E-state index contributed by atoms with van der Waals surface area (Å²) in [6.07, 6.45) is 1.74. The average Bonchev–Trinajstić information content (AvgIpc) is 2.41. The van der Waals surface area contributed by atoms with Gasteiger partial charge in [0.1, 0.15) is 6.10 Å². The van der Waals surface area contributed by atoms with Crippen LogP contribution in [-0.4, -0.2) is 11.6 Å². The van der Waals surface area contributed by atoms with Crippen LogP contribution in [0, 0.1) is 5.92 Å². The summed E-state index contributed by atoms with van der Waals surface area (Å²) in [4.78, 5) is 4.41. The highest BCUT2D eigenvalue weighted by Crippen LogP contribution is 2.24. The van der Waals surface area contributed by atoms with E-state index in [-0.39, 0.29) is 6.10 Å². The van der Waals surface area contributed by atoms with Crippen molar-refractivity contribution in [2.45, 2.75) is 20.0 Å². The summed E-state index contributed by atoms with van der Waals surface area (Å²) in [5.41, 5.74) is 2.11. The third kappa shape index (κ3) is 3.41. The van der Waals surface area contributed by atoms with E-state index in [1.54, 1.807) is 0 Å². The van der Waals surface area contributed by atoms with Crippen LogP contribution in [-0.2, 0) is 4.74 Å². The molecule has 94 valence electrons. The zero-order chi connectivity index (χ0) is 12.8. The van der Waals surface area contributed by atoms with Crippen LogP contribution in [0.2, 0.25) is 0 Å². The van der Waals surface area contributed by atoms with Crippen LogP contribution in [0.1, 0.15) is 31.2 Å². The molecule has 1 unspecified atom stereocenters. The summed E-state index contributed by atoms with van der Waals surface area (Å²) in [5, 5.41) is 0. The fourth-order valence-corrected chi connectivity index (χ4v) is 1.80. The van der Waals surface area contributed by atoms with Gasteiger partial charge in [-0.3, -0.25) is 4.98 Å². The predicted octanol–water partition coefficient (Wildman–Crippen LogP) is 3.84. The first-order valence-corrected chi connectivity index (χ1v) is 6.35. The summed E-state index contributed by atoms with van der Waals surface area (Å²) in [5.74, 6) is 0.514. The third-order valence-corrected chi connectivity index (χ3v) is 2.65. The van der Waals surface area contributed by atoms with Gasteiger partial charge in [-0.25, -0.2) is 0 Å². The van der Waals surface area contributed by atoms with Crippen LogP contribution >= 0.6 is 0 Å². The molecule has 1 aromatic carbocycles. The van der Waals surface area contributed by atoms with E-state index in [2.05, 4.69) is 31.0 Å². The maximum absolute atomic E-state index is 6.01. The highest BCUT2D eigenvalue weighted by atomic mass is 16.5. The van der Waals surface area contributed by atoms with E-state index < -0.39 is 0 Å². The molecule has 0 aliphatic heterocycles. The number of rotatable bonds is 5. The number of ether oxygens (including phenoxy) is 1. The first-order chi connectivity index (χ1) is 8.77. The summed E-state index contributed by atoms with van der Waals surface area (Å²) in [6.45, 7) is 5.04. The molecule has 2 nitrogen and oxygen atoms in total. The molecule has 0 fully saturated rings. The Bertz CT molecular complexity index is 414. The highest BCUT2D eigenvalue weighted by Gasteiger charge is 2.15. The Kier molecular flexibility index (Phi) is 4.48. The maximum atomic E-state index is 6.01. The molecule has 0 saturated carbocycles. The van der Waals surface area contributed by atoms with Crippen LogP contribution in [0.25, 0.3) is 0 Å². The van der Waals surface area contributed by atoms with Crippen molar-refractivity contribution in [1.82, 2.24) is 4.98 Å². The van der Waals surface area contributed by atoms with E-state index >= 15 is 0 Å². The summed E-state index contributed by atoms with van der Waals surface area (Å²) in [6, 6.07) is 16.2. The van der Waals surface area contributed by atoms with E-state index in [1.807, 2.05) is 42.6 Å². The van der Waals surface area contributed by atoms with Gasteiger partial charge in [0.2, 0.25) is 0 Å². The third-order valence-electron chi connectivity index (χ3n) is 2.65. The van der Waals surface area contributed by atoms with Crippen LogP contribution in [0.3, 0.4) is 0 Å². The minimum absolute atomic E-state index is 0.0743. The molecule has 1 aromatic heterocycles. The lowest BCUT2D eigenvalue weighted by atomic mass is 10.1. The van der Waals surface area contributed by atoms with Crippen molar-refractivity contribution in [2.75, 3.05) is 6.61 Å². The largest absolute Gasteiger partial charge is 0.367 e. The monoisotopic (exact) mass is 241 g/mol. The SMILES string of the molecule is CC(C)COC(c1ccccc1)c1ccccn1. The molecule has 0 radical (unpaired) electrons. The normalized spacial score (nSPS) is 12.6. The standard InChI is InChI=1S/C16H19NO/c1-13(2)12-18-16(14-8-4-3-5-9-14)15-10-6-7-11-17-15/h3-11,13,16H,12H2,1-2H3. The quantitative estimate of drug-likeness (QED) is 0.793. The maximum Gasteiger partial charge on any atom is 0.124 e. The second-order valence-electron chi connectivity index (χ2n) is 4.77. The van der Waals surface area contributed by atoms with Gasteiger partial charge in [0.05, 0.1) is 12.3 Å². The Morgan fingerprint density at radius 2 is 1.72 bits per heavy atom. The first-order valence-electron chi connectivity index (χ1n) is 6.35. The molecular formula is C16H19NO. The van der Waals surface area contributed by atoms with Gasteiger partial charge in [-0.2, -0.15) is 0 Å². The minimum atomic E-state index is -0.0743. The topological polar surface area (TPSA) is 22.1 Å². The molecule has 1 atom stereocenters. The summed E-state index contributed by atoms with van der Waals surface area (Å²) < 4.78 is 6.01. The molecule has 0 aliphatic rings. The minimum Gasteiger partial charge on any atom is -0.367 e. The highest BCUT2D eigenvalue weighted by molar-refractivity contribution is 5.25. The summed E-state index contributed by atoms with van der Waals surface area (Å²) in [7, 11) is 0. The lowest BCUT2D eigenvalue weighted by molar-refractivity contribution is 0.0576. The molecule has 2 rings (SSSR count). The molecule has 0 aliphatic carbocycles. The number of hydrogen-bond acceptors (Lipinski definition) is 2. The van der Waals surface area contributed by atoms with E-state index in [0.29, 0.717) is 5.92 Å². The van der Waals surface area contributed by atoms with Crippen molar-refractivity contribution < 1.29 is 4.74 Å². The molecule has 0 bridgehead atoms. The van der Waals surface area contributed by atoms with Gasteiger partial charge < -0.3 is 4.74 Å². The number of hydrogen-bond donors (Lipinski definition) is 0. The second kappa shape index (κ2) is 6.31. The van der Waals surface area contributed by atoms with Gasteiger partial charge >= 0.3 is 0 Å². The molecule has 0 spiro atoms. The van der Waals surface area contributed by atoms with Crippen LogP contribution < -0.4 is 0 Å². The van der Waals surface area contributed by atoms with Crippen molar-refractivity contribution in [1.29, 1.82) is 0 Å². The van der Waals surface area contributed by atoms with Crippen molar-refractivity contribution in [3.8, 4) is 0 Å². The van der Waals surface area contributed by atoms with E-state index in [4.69, 9.17) is 4.74 Å². The van der Waals surface area contributed by atoms with Crippen LogP contribution in [0.4, 0.5) is 0 Å². The Hall–Kier alpha value is -1.67. The lowest BCUT2D eigenvalue weighted by Gasteiger charge is -2.19. The zero-order valence-corrected chi connectivity index (χ0v) is 10.9. The van der Waals surface area contributed by atoms with E-state index in [1.165, 1.54) is 0 Å². The van der Waals surface area contributed by atoms with E-state index in [0.717, 1.165) is 17.9 Å². The number of benzene rings is 1. The lowest BCUT2D eigenvalue weighted by Crippen LogP contribution is -2.11. The Labute approximate surface area is 109 Å². The molecule has 0 N–H and O–H groups in total. The molecule has 18 heavy (non-hydrogen) atoms. The average molecular weight is 241 g/mol. The van der Waals surface area contributed by atoms with Crippen molar-refractivity contribution in [3.63, 3.8) is 0 Å². The number of nitrogens with zero attached hydrogens (tertiary/aromatic N) is 1. The summed E-state index contributed by atoms with van der Waals surface area (Å²) >= 11 is 0. The van der Waals surface area contributed by atoms with Gasteiger partial charge in [0.25, 0.3) is 0 Å². The Morgan fingerprint density at radius 1 is 1.00 bits per heavy atom. The van der Waals surface area contributed by atoms with Gasteiger partial charge in [-0.15, -0.1) is 0 Å². The zero-order valence-electron chi connectivity index (χ0n) is 10.9. The van der Waals surface area contributed by atoms with Gasteiger partial charge in [-0.1, -0.05) is 50.2 Å². The van der Waals surface area contributed by atoms with Crippen molar-refractivity contribution in [3.05, 3.63) is 66.0 Å². The van der Waals surface area contributed by atoms with E-state index in [9.17, 15) is 0 Å². The Balaban J connectivity index is 2.24. The first kappa shape index (κ1) is 12.8. The predicted molar refractivity (Wildman–Crippen MR) is 73.3 cm³/mol. The molecule has 2 heteroatoms. The number of aromatic nitrogens is 1. The molecular weight excluding hydrogens is 222 g/mol. The van der Waals surface area contributed by atoms with Gasteiger partial charge in [0.15, 0.2) is 0 Å². The van der Waals surface area contributed by atoms with Gasteiger partial charge in [-0.05, 0) is 23.6 Å². The molecule has 1 heterocycles.